The highest BCUT2D eigenvalue weighted by Gasteiger charge is 2.37. The van der Waals surface area contributed by atoms with Gasteiger partial charge in [0.2, 0.25) is 0 Å². The minimum Gasteiger partial charge on any atom is -0.393 e. The van der Waals surface area contributed by atoms with Crippen molar-refractivity contribution in [2.24, 2.45) is 5.92 Å². The lowest BCUT2D eigenvalue weighted by molar-refractivity contribution is 0.0880. The van der Waals surface area contributed by atoms with Crippen LogP contribution in [0.5, 0.6) is 0 Å². The summed E-state index contributed by atoms with van der Waals surface area (Å²) < 4.78 is 0. The molecule has 0 amide bonds. The summed E-state index contributed by atoms with van der Waals surface area (Å²) in [6.45, 7) is 2.19. The van der Waals surface area contributed by atoms with Crippen LogP contribution < -0.4 is 0 Å². The monoisotopic (exact) mass is 298 g/mol. The third-order valence-electron chi connectivity index (χ3n) is 4.42. The number of aliphatic hydroxyl groups excluding tert-OH is 1. The van der Waals surface area contributed by atoms with Crippen LogP contribution in [0.3, 0.4) is 0 Å². The molecule has 1 saturated heterocycles. The standard InChI is InChI=1S/C19H22OS/c1-2-16-17(20)13-18(14-9-5-3-6-10-14)21-19(16)15-11-7-4-8-12-15/h3-12,16-20H,2,13H2,1H3/t16-,17-,18+,19-/m0/s1. The van der Waals surface area contributed by atoms with Gasteiger partial charge in [-0.05, 0) is 24.0 Å². The van der Waals surface area contributed by atoms with Gasteiger partial charge in [-0.25, -0.2) is 0 Å². The molecule has 0 aliphatic carbocycles. The topological polar surface area (TPSA) is 20.2 Å². The molecule has 0 radical (unpaired) electrons. The number of thioether (sulfide) groups is 1. The van der Waals surface area contributed by atoms with Crippen molar-refractivity contribution < 1.29 is 5.11 Å². The van der Waals surface area contributed by atoms with Gasteiger partial charge >= 0.3 is 0 Å². The fraction of sp³-hybridized carbons (Fsp3) is 0.368. The molecular weight excluding hydrogens is 276 g/mol. The van der Waals surface area contributed by atoms with E-state index in [0.29, 0.717) is 16.4 Å². The molecule has 2 aromatic rings. The van der Waals surface area contributed by atoms with Gasteiger partial charge in [-0.15, -0.1) is 11.8 Å². The van der Waals surface area contributed by atoms with Gasteiger partial charge in [0, 0.05) is 16.4 Å². The number of hydrogen-bond donors (Lipinski definition) is 1. The Bertz CT molecular complexity index is 554. The zero-order chi connectivity index (χ0) is 14.7. The smallest absolute Gasteiger partial charge is 0.0595 e. The van der Waals surface area contributed by atoms with Crippen molar-refractivity contribution in [3.63, 3.8) is 0 Å². The van der Waals surface area contributed by atoms with E-state index in [9.17, 15) is 5.11 Å². The van der Waals surface area contributed by atoms with Crippen LogP contribution in [0.1, 0.15) is 41.4 Å². The molecule has 0 aromatic heterocycles. The second kappa shape index (κ2) is 6.67. The minimum atomic E-state index is -0.216. The molecule has 3 rings (SSSR count). The fourth-order valence-corrected chi connectivity index (χ4v) is 5.13. The van der Waals surface area contributed by atoms with Gasteiger partial charge in [0.1, 0.15) is 0 Å². The van der Waals surface area contributed by atoms with Crippen molar-refractivity contribution >= 4 is 11.8 Å². The summed E-state index contributed by atoms with van der Waals surface area (Å²) in [5, 5.41) is 11.4. The van der Waals surface area contributed by atoms with Crippen LogP contribution in [0.2, 0.25) is 0 Å². The predicted molar refractivity (Wildman–Crippen MR) is 90.4 cm³/mol. The summed E-state index contributed by atoms with van der Waals surface area (Å²) in [6, 6.07) is 21.2. The number of benzene rings is 2. The van der Waals surface area contributed by atoms with Crippen LogP contribution in [0.25, 0.3) is 0 Å². The fourth-order valence-electron chi connectivity index (χ4n) is 3.27. The average molecular weight is 298 g/mol. The largest absolute Gasteiger partial charge is 0.393 e. The Kier molecular flexibility index (Phi) is 4.67. The number of rotatable bonds is 3. The van der Waals surface area contributed by atoms with Crippen LogP contribution in [0, 0.1) is 5.92 Å². The van der Waals surface area contributed by atoms with Crippen molar-refractivity contribution in [1.29, 1.82) is 0 Å². The Hall–Kier alpha value is -1.25. The molecule has 1 heterocycles. The van der Waals surface area contributed by atoms with Crippen LogP contribution in [-0.2, 0) is 0 Å². The van der Waals surface area contributed by atoms with E-state index in [1.54, 1.807) is 0 Å². The lowest BCUT2D eigenvalue weighted by Gasteiger charge is -2.39. The summed E-state index contributed by atoms with van der Waals surface area (Å²) in [4.78, 5) is 0. The molecule has 2 heteroatoms. The maximum Gasteiger partial charge on any atom is 0.0595 e. The first-order valence-corrected chi connectivity index (χ1v) is 8.67. The van der Waals surface area contributed by atoms with E-state index in [2.05, 4.69) is 67.6 Å². The molecular formula is C19H22OS. The number of hydrogen-bond acceptors (Lipinski definition) is 2. The predicted octanol–water partition coefficient (Wildman–Crippen LogP) is 4.99. The normalized spacial score (nSPS) is 29.2. The summed E-state index contributed by atoms with van der Waals surface area (Å²) in [5.41, 5.74) is 2.67. The third-order valence-corrected chi connectivity index (χ3v) is 6.13. The van der Waals surface area contributed by atoms with E-state index < -0.39 is 0 Å². The molecule has 0 bridgehead atoms. The van der Waals surface area contributed by atoms with Crippen molar-refractivity contribution in [1.82, 2.24) is 0 Å². The zero-order valence-electron chi connectivity index (χ0n) is 12.4. The van der Waals surface area contributed by atoms with Crippen molar-refractivity contribution in [2.45, 2.75) is 36.4 Å². The SMILES string of the molecule is CC[C@H]1[C@@H](O)C[C@H](c2ccccc2)S[C@H]1c1ccccc1. The van der Waals surface area contributed by atoms with Gasteiger partial charge in [0.25, 0.3) is 0 Å². The Labute approximate surface area is 131 Å². The molecule has 1 aliphatic heterocycles. The summed E-state index contributed by atoms with van der Waals surface area (Å²) in [6.07, 6.45) is 1.66. The first kappa shape index (κ1) is 14.7. The van der Waals surface area contributed by atoms with Gasteiger partial charge in [-0.2, -0.15) is 0 Å². The van der Waals surface area contributed by atoms with Crippen LogP contribution in [0.15, 0.2) is 60.7 Å². The first-order valence-electron chi connectivity index (χ1n) is 7.73. The summed E-state index contributed by atoms with van der Waals surface area (Å²) >= 11 is 2.01. The highest BCUT2D eigenvalue weighted by Crippen LogP contribution is 2.53. The van der Waals surface area contributed by atoms with Gasteiger partial charge in [0.15, 0.2) is 0 Å². The van der Waals surface area contributed by atoms with E-state index in [-0.39, 0.29) is 6.10 Å². The van der Waals surface area contributed by atoms with Crippen molar-refractivity contribution in [3.8, 4) is 0 Å². The first-order chi connectivity index (χ1) is 10.3. The molecule has 0 unspecified atom stereocenters. The van der Waals surface area contributed by atoms with E-state index in [4.69, 9.17) is 0 Å². The van der Waals surface area contributed by atoms with E-state index >= 15 is 0 Å². The van der Waals surface area contributed by atoms with Gasteiger partial charge < -0.3 is 5.11 Å². The van der Waals surface area contributed by atoms with E-state index in [0.717, 1.165) is 12.8 Å². The quantitative estimate of drug-likeness (QED) is 0.861. The van der Waals surface area contributed by atoms with E-state index in [1.807, 2.05) is 11.8 Å². The molecule has 1 N–H and O–H groups in total. The van der Waals surface area contributed by atoms with Crippen molar-refractivity contribution in [3.05, 3.63) is 71.8 Å². The third kappa shape index (κ3) is 3.17. The van der Waals surface area contributed by atoms with E-state index in [1.165, 1.54) is 11.1 Å². The Morgan fingerprint density at radius 2 is 1.52 bits per heavy atom. The number of aliphatic hydroxyl groups is 1. The molecule has 1 nitrogen and oxygen atoms in total. The van der Waals surface area contributed by atoms with Crippen molar-refractivity contribution in [2.75, 3.05) is 0 Å². The molecule has 21 heavy (non-hydrogen) atoms. The Morgan fingerprint density at radius 3 is 2.10 bits per heavy atom. The molecule has 0 spiro atoms. The lowest BCUT2D eigenvalue weighted by Crippen LogP contribution is -2.31. The van der Waals surface area contributed by atoms with Crippen LogP contribution >= 0.6 is 11.8 Å². The van der Waals surface area contributed by atoms with Crippen LogP contribution in [0.4, 0.5) is 0 Å². The molecule has 110 valence electrons. The average Bonchev–Trinajstić information content (AvgIpc) is 2.55. The van der Waals surface area contributed by atoms with Gasteiger partial charge in [-0.1, -0.05) is 67.6 Å². The van der Waals surface area contributed by atoms with Gasteiger partial charge in [-0.3, -0.25) is 0 Å². The summed E-state index contributed by atoms with van der Waals surface area (Å²) in [7, 11) is 0. The van der Waals surface area contributed by atoms with Gasteiger partial charge in [0.05, 0.1) is 6.10 Å². The molecule has 2 aromatic carbocycles. The summed E-state index contributed by atoms with van der Waals surface area (Å²) in [5.74, 6) is 0.345. The highest BCUT2D eigenvalue weighted by molar-refractivity contribution is 7.99. The molecule has 0 saturated carbocycles. The second-order valence-electron chi connectivity index (χ2n) is 5.74. The maximum atomic E-state index is 10.6. The molecule has 1 fully saturated rings. The lowest BCUT2D eigenvalue weighted by atomic mass is 9.87. The Morgan fingerprint density at radius 1 is 0.952 bits per heavy atom. The maximum absolute atomic E-state index is 10.6. The minimum absolute atomic E-state index is 0.216. The molecule has 4 atom stereocenters. The zero-order valence-corrected chi connectivity index (χ0v) is 13.2. The highest BCUT2D eigenvalue weighted by atomic mass is 32.2. The second-order valence-corrected chi connectivity index (χ2v) is 7.09. The van der Waals surface area contributed by atoms with Crippen LogP contribution in [-0.4, -0.2) is 11.2 Å². The molecule has 1 aliphatic rings. The Balaban J connectivity index is 1.89.